The highest BCUT2D eigenvalue weighted by atomic mass is 32.1. The van der Waals surface area contributed by atoms with E-state index in [1.165, 1.54) is 29.5 Å². The van der Waals surface area contributed by atoms with E-state index in [0.717, 1.165) is 37.0 Å². The summed E-state index contributed by atoms with van der Waals surface area (Å²) in [7, 11) is 0. The minimum Gasteiger partial charge on any atom is -0.475 e. The first kappa shape index (κ1) is 24.5. The number of nitrogens with zero attached hydrogens (tertiary/aromatic N) is 2. The van der Waals surface area contributed by atoms with Crippen molar-refractivity contribution in [2.24, 2.45) is 0 Å². The van der Waals surface area contributed by atoms with E-state index in [9.17, 15) is 13.2 Å². The number of anilines is 1. The number of aromatic nitrogens is 1. The van der Waals surface area contributed by atoms with Crippen LogP contribution in [0.3, 0.4) is 0 Å². The molecule has 0 bridgehead atoms. The Morgan fingerprint density at radius 1 is 1.09 bits per heavy atom. The number of benzene rings is 1. The molecule has 0 amide bonds. The van der Waals surface area contributed by atoms with Gasteiger partial charge in [-0.15, -0.1) is 11.3 Å². The third kappa shape index (κ3) is 5.43. The van der Waals surface area contributed by atoms with Crippen molar-refractivity contribution in [2.75, 3.05) is 31.1 Å². The molecule has 0 spiro atoms. The number of halogens is 3. The summed E-state index contributed by atoms with van der Waals surface area (Å²) in [6, 6.07) is 7.04. The molecule has 0 atom stereocenters. The van der Waals surface area contributed by atoms with Crippen molar-refractivity contribution in [2.45, 2.75) is 57.5 Å². The average molecular weight is 470 g/mol. The highest BCUT2D eigenvalue weighted by Crippen LogP contribution is 2.46. The maximum atomic E-state index is 10.6. The molecule has 1 fully saturated rings. The molecule has 2 N–H and O–H groups in total. The molecule has 9 heteroatoms. The molecule has 5 nitrogen and oxygen atoms in total. The highest BCUT2D eigenvalue weighted by Gasteiger charge is 2.38. The zero-order valence-electron chi connectivity index (χ0n) is 18.8. The summed E-state index contributed by atoms with van der Waals surface area (Å²) in [5.74, 6) is -2.76. The van der Waals surface area contributed by atoms with Gasteiger partial charge in [0.05, 0.1) is 5.69 Å². The van der Waals surface area contributed by atoms with Crippen molar-refractivity contribution in [3.05, 3.63) is 34.7 Å². The quantitative estimate of drug-likeness (QED) is 0.633. The number of carbonyl (C=O) groups is 1. The lowest BCUT2D eigenvalue weighted by Gasteiger charge is -2.42. The van der Waals surface area contributed by atoms with Gasteiger partial charge in [-0.05, 0) is 40.9 Å². The van der Waals surface area contributed by atoms with Gasteiger partial charge in [0.2, 0.25) is 0 Å². The summed E-state index contributed by atoms with van der Waals surface area (Å²) in [5, 5.41) is 13.9. The molecule has 2 aromatic rings. The first-order chi connectivity index (χ1) is 14.8. The fourth-order valence-electron chi connectivity index (χ4n) is 4.15. The van der Waals surface area contributed by atoms with Crippen LogP contribution in [0.15, 0.2) is 23.6 Å². The normalized spacial score (nSPS) is 19.5. The van der Waals surface area contributed by atoms with Gasteiger partial charge in [0, 0.05) is 37.1 Å². The molecule has 0 saturated carbocycles. The van der Waals surface area contributed by atoms with E-state index in [0.29, 0.717) is 0 Å². The van der Waals surface area contributed by atoms with Crippen LogP contribution < -0.4 is 10.2 Å². The van der Waals surface area contributed by atoms with Gasteiger partial charge >= 0.3 is 12.1 Å². The molecule has 2 aliphatic rings. The first-order valence-corrected chi connectivity index (χ1v) is 11.6. The van der Waals surface area contributed by atoms with Crippen LogP contribution in [0.5, 0.6) is 0 Å². The molecule has 1 aliphatic heterocycles. The number of piperazine rings is 1. The van der Waals surface area contributed by atoms with Crippen molar-refractivity contribution in [1.29, 1.82) is 0 Å². The number of hydrogen-bond acceptors (Lipinski definition) is 5. The Hall–Kier alpha value is -2.13. The van der Waals surface area contributed by atoms with E-state index in [-0.39, 0.29) is 10.8 Å². The summed E-state index contributed by atoms with van der Waals surface area (Å²) in [6.45, 7) is 13.7. The van der Waals surface area contributed by atoms with Crippen LogP contribution >= 0.6 is 11.3 Å². The summed E-state index contributed by atoms with van der Waals surface area (Å²) in [5.41, 5.74) is 5.95. The van der Waals surface area contributed by atoms with Gasteiger partial charge in [0.25, 0.3) is 0 Å². The van der Waals surface area contributed by atoms with Crippen LogP contribution in [0.1, 0.15) is 51.7 Å². The minimum absolute atomic E-state index is 0.248. The Morgan fingerprint density at radius 2 is 1.66 bits per heavy atom. The van der Waals surface area contributed by atoms with E-state index < -0.39 is 12.1 Å². The second-order valence-corrected chi connectivity index (χ2v) is 10.4. The van der Waals surface area contributed by atoms with E-state index in [4.69, 9.17) is 14.9 Å². The van der Waals surface area contributed by atoms with Crippen LogP contribution in [0.25, 0.3) is 11.3 Å². The summed E-state index contributed by atoms with van der Waals surface area (Å²) < 4.78 is 31.7. The molecule has 2 heterocycles. The summed E-state index contributed by atoms with van der Waals surface area (Å²) >= 11 is 1.78. The number of thiazole rings is 1. The topological polar surface area (TPSA) is 65.5 Å². The predicted molar refractivity (Wildman–Crippen MR) is 122 cm³/mol. The number of carboxylic acid groups (broad SMARTS) is 1. The lowest BCUT2D eigenvalue weighted by molar-refractivity contribution is -0.192. The number of fused-ring (bicyclic) bond motifs is 1. The summed E-state index contributed by atoms with van der Waals surface area (Å²) in [4.78, 5) is 16.2. The lowest BCUT2D eigenvalue weighted by Crippen LogP contribution is -2.43. The fraction of sp³-hybridized carbons (Fsp3) is 0.565. The van der Waals surface area contributed by atoms with Crippen LogP contribution in [0.2, 0.25) is 0 Å². The number of hydrogen-bond donors (Lipinski definition) is 2. The standard InChI is InChI=1S/C21H29N3S.C2HF3O2/c1-20(2)7-8-21(3,4)17-13-15(5-6-16(17)20)18-14-25-19(23-18)24-11-9-22-10-12-24;3-2(4,5)1(6)7/h5-6,13-14,22H,7-12H2,1-4H3;(H,6,7). The molecule has 176 valence electrons. The van der Waals surface area contributed by atoms with E-state index in [1.807, 2.05) is 0 Å². The second kappa shape index (κ2) is 9.02. The Bertz CT molecular complexity index is 964. The molecular formula is C23H30F3N3O2S. The predicted octanol–water partition coefficient (Wildman–Crippen LogP) is 5.20. The van der Waals surface area contributed by atoms with Gasteiger partial charge in [-0.2, -0.15) is 13.2 Å². The number of rotatable bonds is 2. The van der Waals surface area contributed by atoms with Crippen molar-refractivity contribution in [3.63, 3.8) is 0 Å². The second-order valence-electron chi connectivity index (χ2n) is 9.58. The van der Waals surface area contributed by atoms with E-state index in [1.54, 1.807) is 11.3 Å². The van der Waals surface area contributed by atoms with Crippen molar-refractivity contribution in [3.8, 4) is 11.3 Å². The van der Waals surface area contributed by atoms with Gasteiger partial charge in [-0.25, -0.2) is 9.78 Å². The monoisotopic (exact) mass is 469 g/mol. The zero-order valence-corrected chi connectivity index (χ0v) is 19.7. The highest BCUT2D eigenvalue weighted by molar-refractivity contribution is 7.14. The first-order valence-electron chi connectivity index (χ1n) is 10.7. The molecule has 4 rings (SSSR count). The van der Waals surface area contributed by atoms with Crippen molar-refractivity contribution in [1.82, 2.24) is 10.3 Å². The number of carboxylic acids is 1. The maximum Gasteiger partial charge on any atom is 0.490 e. The Balaban J connectivity index is 0.000000360. The fourth-order valence-corrected chi connectivity index (χ4v) is 5.03. The average Bonchev–Trinajstić information content (AvgIpc) is 3.22. The Morgan fingerprint density at radius 3 is 2.22 bits per heavy atom. The minimum atomic E-state index is -5.08. The van der Waals surface area contributed by atoms with Gasteiger partial charge in [-0.1, -0.05) is 39.8 Å². The van der Waals surface area contributed by atoms with Gasteiger partial charge in [-0.3, -0.25) is 0 Å². The number of nitrogens with one attached hydrogen (secondary N) is 1. The molecule has 1 saturated heterocycles. The lowest BCUT2D eigenvalue weighted by atomic mass is 9.63. The van der Waals surface area contributed by atoms with Crippen molar-refractivity contribution < 1.29 is 23.1 Å². The van der Waals surface area contributed by atoms with Crippen LogP contribution in [-0.4, -0.2) is 48.4 Å². The SMILES string of the molecule is CC1(C)CCC(C)(C)c2cc(-c3csc(N4CCNCC4)n3)ccc21.O=C(O)C(F)(F)F. The largest absolute Gasteiger partial charge is 0.490 e. The van der Waals surface area contributed by atoms with Crippen LogP contribution in [-0.2, 0) is 15.6 Å². The zero-order chi connectivity index (χ0) is 23.7. The Kier molecular flexibility index (Phi) is 6.91. The maximum absolute atomic E-state index is 10.6. The summed E-state index contributed by atoms with van der Waals surface area (Å²) in [6.07, 6.45) is -2.57. The van der Waals surface area contributed by atoms with Crippen LogP contribution in [0, 0.1) is 0 Å². The van der Waals surface area contributed by atoms with Gasteiger partial charge in [0.1, 0.15) is 0 Å². The van der Waals surface area contributed by atoms with Gasteiger partial charge < -0.3 is 15.3 Å². The Labute approximate surface area is 190 Å². The van der Waals surface area contributed by atoms with E-state index >= 15 is 0 Å². The van der Waals surface area contributed by atoms with Crippen LogP contribution in [0.4, 0.5) is 18.3 Å². The molecule has 0 unspecified atom stereocenters. The number of aliphatic carboxylic acids is 1. The molecular weight excluding hydrogens is 439 g/mol. The van der Waals surface area contributed by atoms with Crippen molar-refractivity contribution >= 4 is 22.4 Å². The molecule has 0 radical (unpaired) electrons. The van der Waals surface area contributed by atoms with Gasteiger partial charge in [0.15, 0.2) is 5.13 Å². The smallest absolute Gasteiger partial charge is 0.475 e. The third-order valence-electron chi connectivity index (χ3n) is 6.27. The third-order valence-corrected chi connectivity index (χ3v) is 7.17. The molecule has 32 heavy (non-hydrogen) atoms. The molecule has 1 aliphatic carbocycles. The molecule has 1 aromatic heterocycles. The molecule has 1 aromatic carbocycles. The van der Waals surface area contributed by atoms with E-state index in [2.05, 4.69) is 61.5 Å². The number of alkyl halides is 3.